The van der Waals surface area contributed by atoms with Gasteiger partial charge in [0, 0.05) is 24.5 Å². The molecule has 2 N–H and O–H groups in total. The Balaban J connectivity index is 1.32. The van der Waals surface area contributed by atoms with Gasteiger partial charge in [0.05, 0.1) is 17.4 Å². The number of aromatic amines is 1. The third-order valence-corrected chi connectivity index (χ3v) is 3.80. The Kier molecular flexibility index (Phi) is 3.62. The van der Waals surface area contributed by atoms with E-state index in [1.807, 2.05) is 12.3 Å². The molecule has 120 valence electrons. The molecule has 1 aromatic carbocycles. The van der Waals surface area contributed by atoms with E-state index in [0.29, 0.717) is 17.9 Å². The van der Waals surface area contributed by atoms with Crippen LogP contribution >= 0.6 is 0 Å². The number of carbonyl (C=O) groups excluding carboxylic acids is 1. The summed E-state index contributed by atoms with van der Waals surface area (Å²) in [4.78, 5) is 27.6. The van der Waals surface area contributed by atoms with E-state index in [1.54, 1.807) is 29.2 Å². The molecule has 1 amide bonds. The largest absolute Gasteiger partial charge is 0.352 e. The number of benzene rings is 1. The second kappa shape index (κ2) is 6.07. The van der Waals surface area contributed by atoms with Crippen molar-refractivity contribution in [1.82, 2.24) is 34.9 Å². The lowest BCUT2D eigenvalue weighted by molar-refractivity contribution is 0.0953. The van der Waals surface area contributed by atoms with Gasteiger partial charge >= 0.3 is 0 Å². The van der Waals surface area contributed by atoms with Gasteiger partial charge in [0.25, 0.3) is 11.7 Å². The van der Waals surface area contributed by atoms with Gasteiger partial charge in [0.1, 0.15) is 6.33 Å². The van der Waals surface area contributed by atoms with Gasteiger partial charge in [0.15, 0.2) is 0 Å². The molecule has 0 saturated carbocycles. The summed E-state index contributed by atoms with van der Waals surface area (Å²) in [6, 6.07) is 5.42. The lowest BCUT2D eigenvalue weighted by Crippen LogP contribution is -2.24. The summed E-state index contributed by atoms with van der Waals surface area (Å²) < 4.78 is 1.65. The van der Waals surface area contributed by atoms with Crippen molar-refractivity contribution < 1.29 is 4.79 Å². The molecule has 0 unspecified atom stereocenters. The van der Waals surface area contributed by atoms with Crippen LogP contribution in [0.4, 0.5) is 0 Å². The second-order valence-corrected chi connectivity index (χ2v) is 5.46. The van der Waals surface area contributed by atoms with E-state index in [9.17, 15) is 4.79 Å². The Morgan fingerprint density at radius 3 is 3.17 bits per heavy atom. The average molecular weight is 321 g/mol. The van der Waals surface area contributed by atoms with Gasteiger partial charge < -0.3 is 10.3 Å². The quantitative estimate of drug-likeness (QED) is 0.541. The number of hydrogen-bond acceptors (Lipinski definition) is 5. The maximum atomic E-state index is 12.2. The zero-order valence-corrected chi connectivity index (χ0v) is 12.8. The third-order valence-electron chi connectivity index (χ3n) is 3.80. The second-order valence-electron chi connectivity index (χ2n) is 5.46. The Hall–Kier alpha value is -3.29. The van der Waals surface area contributed by atoms with Crippen molar-refractivity contribution in [3.8, 4) is 0 Å². The molecule has 4 rings (SSSR count). The molecule has 3 aromatic heterocycles. The van der Waals surface area contributed by atoms with Crippen LogP contribution in [0.25, 0.3) is 16.8 Å². The summed E-state index contributed by atoms with van der Waals surface area (Å²) in [5.74, 6) is 0.498. The highest BCUT2D eigenvalue weighted by atomic mass is 16.1. The van der Waals surface area contributed by atoms with Crippen LogP contribution in [0.15, 0.2) is 43.2 Å². The van der Waals surface area contributed by atoms with Crippen molar-refractivity contribution in [2.75, 3.05) is 6.54 Å². The first-order valence-corrected chi connectivity index (χ1v) is 7.65. The Morgan fingerprint density at radius 1 is 1.25 bits per heavy atom. The zero-order valence-electron chi connectivity index (χ0n) is 12.8. The first-order valence-electron chi connectivity index (χ1n) is 7.65. The van der Waals surface area contributed by atoms with Crippen molar-refractivity contribution in [1.29, 1.82) is 0 Å². The number of hydrogen-bond donors (Lipinski definition) is 2. The number of amides is 1. The van der Waals surface area contributed by atoms with Crippen LogP contribution in [0.1, 0.15) is 22.3 Å². The number of imidazole rings is 1. The van der Waals surface area contributed by atoms with Crippen molar-refractivity contribution in [2.45, 2.75) is 12.8 Å². The molecular formula is C16H15N7O. The van der Waals surface area contributed by atoms with Crippen molar-refractivity contribution in [3.05, 3.63) is 54.4 Å². The van der Waals surface area contributed by atoms with E-state index in [4.69, 9.17) is 0 Å². The van der Waals surface area contributed by atoms with E-state index in [2.05, 4.69) is 30.4 Å². The van der Waals surface area contributed by atoms with Gasteiger partial charge in [-0.2, -0.15) is 10.1 Å². The highest BCUT2D eigenvalue weighted by Crippen LogP contribution is 2.11. The SMILES string of the molecule is O=C(NCCCc1cnc2ncnn2c1)c1ccc2nc[nH]c2c1. The van der Waals surface area contributed by atoms with E-state index >= 15 is 0 Å². The molecule has 0 aliphatic carbocycles. The van der Waals surface area contributed by atoms with Gasteiger partial charge in [-0.3, -0.25) is 4.79 Å². The number of fused-ring (bicyclic) bond motifs is 2. The summed E-state index contributed by atoms with van der Waals surface area (Å²) in [5.41, 5.74) is 3.39. The van der Waals surface area contributed by atoms with Crippen LogP contribution in [0, 0.1) is 0 Å². The third kappa shape index (κ3) is 2.81. The molecule has 3 heterocycles. The molecule has 0 saturated heterocycles. The fourth-order valence-corrected chi connectivity index (χ4v) is 2.56. The molecule has 24 heavy (non-hydrogen) atoms. The number of rotatable bonds is 5. The predicted octanol–water partition coefficient (Wildman–Crippen LogP) is 1.36. The molecular weight excluding hydrogens is 306 g/mol. The summed E-state index contributed by atoms with van der Waals surface area (Å²) in [5, 5.41) is 6.99. The fourth-order valence-electron chi connectivity index (χ4n) is 2.56. The molecule has 0 spiro atoms. The van der Waals surface area contributed by atoms with Gasteiger partial charge in [-0.05, 0) is 36.6 Å². The van der Waals surface area contributed by atoms with E-state index in [-0.39, 0.29) is 5.91 Å². The molecule has 4 aromatic rings. The minimum atomic E-state index is -0.0867. The number of aryl methyl sites for hydroxylation is 1. The molecule has 0 atom stereocenters. The predicted molar refractivity (Wildman–Crippen MR) is 87.5 cm³/mol. The highest BCUT2D eigenvalue weighted by molar-refractivity contribution is 5.97. The van der Waals surface area contributed by atoms with Gasteiger partial charge in [-0.1, -0.05) is 0 Å². The first-order chi connectivity index (χ1) is 11.8. The molecule has 0 aliphatic rings. The van der Waals surface area contributed by atoms with Crippen LogP contribution in [0.5, 0.6) is 0 Å². The van der Waals surface area contributed by atoms with E-state index in [0.717, 1.165) is 29.4 Å². The summed E-state index contributed by atoms with van der Waals surface area (Å²) in [6.45, 7) is 0.593. The van der Waals surface area contributed by atoms with Crippen molar-refractivity contribution in [3.63, 3.8) is 0 Å². The minimum Gasteiger partial charge on any atom is -0.352 e. The summed E-state index contributed by atoms with van der Waals surface area (Å²) in [6.07, 6.45) is 8.42. The monoisotopic (exact) mass is 321 g/mol. The fraction of sp³-hybridized carbons (Fsp3) is 0.188. The summed E-state index contributed by atoms with van der Waals surface area (Å²) >= 11 is 0. The normalized spacial score (nSPS) is 11.2. The average Bonchev–Trinajstić information content (AvgIpc) is 3.25. The lowest BCUT2D eigenvalue weighted by atomic mass is 10.1. The van der Waals surface area contributed by atoms with Crippen LogP contribution < -0.4 is 5.32 Å². The standard InChI is InChI=1S/C16H15N7O/c24-15(12-3-4-13-14(6-12)20-9-19-13)17-5-1-2-11-7-18-16-21-10-22-23(16)8-11/h3-4,6-10H,1-2,5H2,(H,17,24)(H,19,20). The Morgan fingerprint density at radius 2 is 2.21 bits per heavy atom. The number of carbonyl (C=O) groups is 1. The van der Waals surface area contributed by atoms with Crippen molar-refractivity contribution >= 4 is 22.7 Å². The number of nitrogens with zero attached hydrogens (tertiary/aromatic N) is 5. The highest BCUT2D eigenvalue weighted by Gasteiger charge is 2.07. The molecule has 8 nitrogen and oxygen atoms in total. The van der Waals surface area contributed by atoms with Gasteiger partial charge in [0.2, 0.25) is 0 Å². The van der Waals surface area contributed by atoms with E-state index < -0.39 is 0 Å². The molecule has 0 fully saturated rings. The van der Waals surface area contributed by atoms with Gasteiger partial charge in [-0.15, -0.1) is 0 Å². The Bertz CT molecular complexity index is 1000. The maximum absolute atomic E-state index is 12.2. The molecule has 8 heteroatoms. The lowest BCUT2D eigenvalue weighted by Gasteiger charge is -2.05. The topological polar surface area (TPSA) is 101 Å². The molecule has 0 radical (unpaired) electrons. The molecule has 0 bridgehead atoms. The summed E-state index contributed by atoms with van der Waals surface area (Å²) in [7, 11) is 0. The number of aromatic nitrogens is 6. The first kappa shape index (κ1) is 14.3. The minimum absolute atomic E-state index is 0.0867. The molecule has 0 aliphatic heterocycles. The Labute approximate surface area is 137 Å². The van der Waals surface area contributed by atoms with Crippen LogP contribution in [-0.2, 0) is 6.42 Å². The number of nitrogens with one attached hydrogen (secondary N) is 2. The maximum Gasteiger partial charge on any atom is 0.252 e. The number of H-pyrrole nitrogens is 1. The zero-order chi connectivity index (χ0) is 16.4. The smallest absolute Gasteiger partial charge is 0.252 e. The van der Waals surface area contributed by atoms with Crippen LogP contribution in [0.2, 0.25) is 0 Å². The van der Waals surface area contributed by atoms with Crippen LogP contribution in [-0.4, -0.2) is 42.0 Å². The van der Waals surface area contributed by atoms with E-state index in [1.165, 1.54) is 6.33 Å². The van der Waals surface area contributed by atoms with Crippen LogP contribution in [0.3, 0.4) is 0 Å². The van der Waals surface area contributed by atoms with Crippen molar-refractivity contribution in [2.24, 2.45) is 0 Å². The van der Waals surface area contributed by atoms with Gasteiger partial charge in [-0.25, -0.2) is 14.5 Å².